The first kappa shape index (κ1) is 14.5. The van der Waals surface area contributed by atoms with Gasteiger partial charge in [-0.3, -0.25) is 4.79 Å². The van der Waals surface area contributed by atoms with Crippen LogP contribution in [0.25, 0.3) is 0 Å². The number of carbonyl (C=O) groups excluding carboxylic acids is 1. The molecule has 1 aromatic rings. The van der Waals surface area contributed by atoms with Crippen LogP contribution >= 0.6 is 0 Å². The number of likely N-dealkylation sites (tertiary alicyclic amines) is 1. The molecule has 1 aromatic heterocycles. The van der Waals surface area contributed by atoms with Gasteiger partial charge in [0.1, 0.15) is 0 Å². The van der Waals surface area contributed by atoms with E-state index in [0.29, 0.717) is 18.3 Å². The number of aromatic nitrogens is 3. The van der Waals surface area contributed by atoms with Crippen molar-refractivity contribution >= 4 is 5.91 Å². The molecule has 3 rings (SSSR count). The van der Waals surface area contributed by atoms with Crippen molar-refractivity contribution in [3.63, 3.8) is 0 Å². The molecule has 116 valence electrons. The highest BCUT2D eigenvalue weighted by Gasteiger charge is 2.19. The summed E-state index contributed by atoms with van der Waals surface area (Å²) < 4.78 is 1.88. The quantitative estimate of drug-likeness (QED) is 0.895. The summed E-state index contributed by atoms with van der Waals surface area (Å²) >= 11 is 0. The third kappa shape index (κ3) is 3.81. The molecule has 0 radical (unpaired) electrons. The number of rotatable bonds is 5. The van der Waals surface area contributed by atoms with E-state index in [0.717, 1.165) is 32.5 Å². The number of hydrogen-bond acceptors (Lipinski definition) is 4. The van der Waals surface area contributed by atoms with E-state index in [4.69, 9.17) is 0 Å². The molecule has 0 unspecified atom stereocenters. The van der Waals surface area contributed by atoms with Crippen molar-refractivity contribution in [1.29, 1.82) is 0 Å². The van der Waals surface area contributed by atoms with E-state index >= 15 is 0 Å². The van der Waals surface area contributed by atoms with Crippen LogP contribution in [0.3, 0.4) is 0 Å². The fourth-order valence-electron chi connectivity index (χ4n) is 3.33. The summed E-state index contributed by atoms with van der Waals surface area (Å²) in [6.07, 6.45) is 10.5. The molecule has 1 N–H and O–H groups in total. The molecule has 2 heterocycles. The first-order valence-corrected chi connectivity index (χ1v) is 8.25. The van der Waals surface area contributed by atoms with Crippen molar-refractivity contribution < 1.29 is 4.79 Å². The Morgan fingerprint density at radius 1 is 1.19 bits per heavy atom. The zero-order chi connectivity index (χ0) is 14.5. The van der Waals surface area contributed by atoms with Gasteiger partial charge in [0.05, 0.1) is 12.2 Å². The maximum Gasteiger partial charge on any atom is 0.273 e. The minimum absolute atomic E-state index is 0.101. The number of nitrogens with zero attached hydrogens (tertiary/aromatic N) is 4. The van der Waals surface area contributed by atoms with Crippen LogP contribution in [-0.2, 0) is 0 Å². The van der Waals surface area contributed by atoms with E-state index in [1.165, 1.54) is 32.1 Å². The summed E-state index contributed by atoms with van der Waals surface area (Å²) in [5.41, 5.74) is 0.446. The summed E-state index contributed by atoms with van der Waals surface area (Å²) in [5, 5.41) is 11.1. The van der Waals surface area contributed by atoms with E-state index in [1.807, 2.05) is 4.68 Å². The van der Waals surface area contributed by atoms with E-state index in [2.05, 4.69) is 20.5 Å². The van der Waals surface area contributed by atoms with Crippen molar-refractivity contribution in [2.75, 3.05) is 26.2 Å². The molecule has 0 spiro atoms. The van der Waals surface area contributed by atoms with E-state index in [1.54, 1.807) is 6.20 Å². The molecule has 0 bridgehead atoms. The van der Waals surface area contributed by atoms with Crippen LogP contribution in [0.1, 0.15) is 61.5 Å². The molecule has 2 fully saturated rings. The molecule has 6 heteroatoms. The Bertz CT molecular complexity index is 460. The Morgan fingerprint density at radius 2 is 1.95 bits per heavy atom. The SMILES string of the molecule is O=C(NCCN1CCCC1)c1cn(C2CCCCC2)nn1. The second-order valence-electron chi connectivity index (χ2n) is 6.18. The molecular formula is C15H25N5O. The average Bonchev–Trinajstić information content (AvgIpc) is 3.20. The smallest absolute Gasteiger partial charge is 0.273 e. The van der Waals surface area contributed by atoms with Gasteiger partial charge in [0, 0.05) is 13.1 Å². The highest BCUT2D eigenvalue weighted by molar-refractivity contribution is 5.91. The number of hydrogen-bond donors (Lipinski definition) is 1. The fraction of sp³-hybridized carbons (Fsp3) is 0.800. The van der Waals surface area contributed by atoms with E-state index in [9.17, 15) is 4.79 Å². The van der Waals surface area contributed by atoms with Crippen molar-refractivity contribution in [1.82, 2.24) is 25.2 Å². The van der Waals surface area contributed by atoms with Crippen molar-refractivity contribution in [2.24, 2.45) is 0 Å². The Hall–Kier alpha value is -1.43. The lowest BCUT2D eigenvalue weighted by molar-refractivity contribution is 0.0944. The van der Waals surface area contributed by atoms with Gasteiger partial charge in [0.15, 0.2) is 5.69 Å². The Labute approximate surface area is 125 Å². The lowest BCUT2D eigenvalue weighted by Crippen LogP contribution is -2.33. The molecule has 1 saturated heterocycles. The third-order valence-corrected chi connectivity index (χ3v) is 4.60. The lowest BCUT2D eigenvalue weighted by atomic mass is 9.96. The standard InChI is InChI=1S/C15H25N5O/c21-15(16-8-11-19-9-4-5-10-19)14-12-20(18-17-14)13-6-2-1-3-7-13/h12-13H,1-11H2,(H,16,21). The topological polar surface area (TPSA) is 63.1 Å². The van der Waals surface area contributed by atoms with Crippen molar-refractivity contribution in [3.05, 3.63) is 11.9 Å². The Morgan fingerprint density at radius 3 is 2.71 bits per heavy atom. The van der Waals surface area contributed by atoms with Crippen molar-refractivity contribution in [3.8, 4) is 0 Å². The molecular weight excluding hydrogens is 266 g/mol. The molecule has 6 nitrogen and oxygen atoms in total. The van der Waals surface area contributed by atoms with Gasteiger partial charge in [-0.15, -0.1) is 5.10 Å². The van der Waals surface area contributed by atoms with E-state index < -0.39 is 0 Å². The summed E-state index contributed by atoms with van der Waals surface area (Å²) in [7, 11) is 0. The summed E-state index contributed by atoms with van der Waals surface area (Å²) in [5.74, 6) is -0.101. The van der Waals surface area contributed by atoms with Crippen molar-refractivity contribution in [2.45, 2.75) is 51.0 Å². The van der Waals surface area contributed by atoms with Crippen LogP contribution < -0.4 is 5.32 Å². The summed E-state index contributed by atoms with van der Waals surface area (Å²) in [6.45, 7) is 3.94. The molecule has 2 aliphatic rings. The number of carbonyl (C=O) groups is 1. The predicted octanol–water partition coefficient (Wildman–Crippen LogP) is 1.61. The highest BCUT2D eigenvalue weighted by atomic mass is 16.2. The van der Waals surface area contributed by atoms with Crippen LogP contribution in [0, 0.1) is 0 Å². The van der Waals surface area contributed by atoms with E-state index in [-0.39, 0.29) is 5.91 Å². The Kier molecular flexibility index (Phi) is 4.85. The van der Waals surface area contributed by atoms with Gasteiger partial charge in [-0.2, -0.15) is 0 Å². The van der Waals surface area contributed by atoms with Gasteiger partial charge in [0.25, 0.3) is 5.91 Å². The van der Waals surface area contributed by atoms with Crippen LogP contribution in [0.15, 0.2) is 6.20 Å². The molecule has 1 aliphatic carbocycles. The van der Waals surface area contributed by atoms with Crippen LogP contribution in [-0.4, -0.2) is 52.0 Å². The average molecular weight is 291 g/mol. The van der Waals surface area contributed by atoms with Gasteiger partial charge >= 0.3 is 0 Å². The monoisotopic (exact) mass is 291 g/mol. The van der Waals surface area contributed by atoms with Crippen LogP contribution in [0.2, 0.25) is 0 Å². The molecule has 1 amide bonds. The molecule has 1 aliphatic heterocycles. The maximum absolute atomic E-state index is 12.1. The minimum Gasteiger partial charge on any atom is -0.349 e. The lowest BCUT2D eigenvalue weighted by Gasteiger charge is -2.20. The highest BCUT2D eigenvalue weighted by Crippen LogP contribution is 2.27. The first-order chi connectivity index (χ1) is 10.3. The zero-order valence-corrected chi connectivity index (χ0v) is 12.6. The van der Waals surface area contributed by atoms with Gasteiger partial charge in [-0.1, -0.05) is 24.5 Å². The molecule has 0 atom stereocenters. The molecule has 21 heavy (non-hydrogen) atoms. The van der Waals surface area contributed by atoms with Gasteiger partial charge in [0.2, 0.25) is 0 Å². The van der Waals surface area contributed by atoms with Crippen LogP contribution in [0.4, 0.5) is 0 Å². The predicted molar refractivity (Wildman–Crippen MR) is 80.2 cm³/mol. The largest absolute Gasteiger partial charge is 0.349 e. The van der Waals surface area contributed by atoms with Gasteiger partial charge in [-0.25, -0.2) is 4.68 Å². The second kappa shape index (κ2) is 7.02. The summed E-state index contributed by atoms with van der Waals surface area (Å²) in [6, 6.07) is 0.428. The summed E-state index contributed by atoms with van der Waals surface area (Å²) in [4.78, 5) is 14.5. The molecule has 0 aromatic carbocycles. The van der Waals surface area contributed by atoms with Gasteiger partial charge in [-0.05, 0) is 38.8 Å². The molecule has 1 saturated carbocycles. The number of nitrogens with one attached hydrogen (secondary N) is 1. The minimum atomic E-state index is -0.101. The Balaban J connectivity index is 1.46. The van der Waals surface area contributed by atoms with Gasteiger partial charge < -0.3 is 10.2 Å². The fourth-order valence-corrected chi connectivity index (χ4v) is 3.33. The normalized spacial score (nSPS) is 20.8. The number of amides is 1. The second-order valence-corrected chi connectivity index (χ2v) is 6.18. The zero-order valence-electron chi connectivity index (χ0n) is 12.6. The maximum atomic E-state index is 12.1. The van der Waals surface area contributed by atoms with Crippen LogP contribution in [0.5, 0.6) is 0 Å². The third-order valence-electron chi connectivity index (χ3n) is 4.60. The first-order valence-electron chi connectivity index (χ1n) is 8.25.